The van der Waals surface area contributed by atoms with E-state index in [4.69, 9.17) is 9.47 Å². The normalized spacial score (nSPS) is 13.4. The molecule has 1 heterocycles. The van der Waals surface area contributed by atoms with Gasteiger partial charge in [0.05, 0.1) is 7.11 Å². The van der Waals surface area contributed by atoms with E-state index in [1.54, 1.807) is 36.3 Å². The molecule has 8 nitrogen and oxygen atoms in total. The summed E-state index contributed by atoms with van der Waals surface area (Å²) >= 11 is 0. The summed E-state index contributed by atoms with van der Waals surface area (Å²) in [5.74, 6) is 1.75. The van der Waals surface area contributed by atoms with E-state index in [2.05, 4.69) is 10.6 Å². The van der Waals surface area contributed by atoms with Crippen LogP contribution in [0, 0.1) is 5.92 Å². The number of nitrogens with one attached hydrogen (secondary N) is 2. The fourth-order valence-electron chi connectivity index (χ4n) is 4.34. The fraction of sp³-hybridized carbons (Fsp3) is 0.300. The molecule has 1 saturated heterocycles. The topological polar surface area (TPSA) is 97.0 Å². The average Bonchev–Trinajstić information content (AvgIpc) is 2.96. The minimum Gasteiger partial charge on any atom is -0.497 e. The van der Waals surface area contributed by atoms with Crippen molar-refractivity contribution in [1.29, 1.82) is 0 Å². The number of hydrogen-bond acceptors (Lipinski definition) is 5. The molecule has 0 spiro atoms. The Kier molecular flexibility index (Phi) is 9.34. The molecule has 0 atom stereocenters. The molecule has 0 saturated carbocycles. The maximum Gasteiger partial charge on any atom is 0.224 e. The van der Waals surface area contributed by atoms with Crippen LogP contribution < -0.4 is 20.1 Å². The number of benzene rings is 3. The van der Waals surface area contributed by atoms with Crippen molar-refractivity contribution in [2.24, 2.45) is 5.92 Å². The van der Waals surface area contributed by atoms with Gasteiger partial charge in [0, 0.05) is 44.1 Å². The first-order valence-corrected chi connectivity index (χ1v) is 12.8. The molecule has 0 aliphatic carbocycles. The molecule has 2 N–H and O–H groups in total. The Balaban J connectivity index is 1.14. The van der Waals surface area contributed by atoms with Gasteiger partial charge >= 0.3 is 0 Å². The second-order valence-corrected chi connectivity index (χ2v) is 9.21. The molecule has 0 unspecified atom stereocenters. The first-order valence-electron chi connectivity index (χ1n) is 12.8. The van der Waals surface area contributed by atoms with Crippen molar-refractivity contribution in [2.75, 3.05) is 25.5 Å². The van der Waals surface area contributed by atoms with Gasteiger partial charge in [-0.05, 0) is 66.9 Å². The van der Waals surface area contributed by atoms with Crippen LogP contribution in [0.4, 0.5) is 5.69 Å². The Bertz CT molecular complexity index is 1220. The number of methoxy groups -OCH3 is 1. The zero-order chi connectivity index (χ0) is 26.7. The summed E-state index contributed by atoms with van der Waals surface area (Å²) in [6.07, 6.45) is 1.45. The molecule has 3 amide bonds. The van der Waals surface area contributed by atoms with E-state index >= 15 is 0 Å². The van der Waals surface area contributed by atoms with Crippen LogP contribution in [0.3, 0.4) is 0 Å². The molecular weight excluding hydrogens is 482 g/mol. The zero-order valence-corrected chi connectivity index (χ0v) is 21.5. The number of amides is 3. The van der Waals surface area contributed by atoms with E-state index in [-0.39, 0.29) is 36.5 Å². The van der Waals surface area contributed by atoms with Crippen molar-refractivity contribution in [3.63, 3.8) is 0 Å². The molecular formula is C30H33N3O5. The van der Waals surface area contributed by atoms with Gasteiger partial charge in [0.15, 0.2) is 0 Å². The first-order chi connectivity index (χ1) is 18.5. The summed E-state index contributed by atoms with van der Waals surface area (Å²) in [4.78, 5) is 39.4. The Morgan fingerprint density at radius 2 is 1.53 bits per heavy atom. The highest BCUT2D eigenvalue weighted by Crippen LogP contribution is 2.23. The Morgan fingerprint density at radius 1 is 0.842 bits per heavy atom. The first kappa shape index (κ1) is 26.7. The van der Waals surface area contributed by atoms with Crippen LogP contribution in [-0.2, 0) is 20.9 Å². The van der Waals surface area contributed by atoms with Crippen LogP contribution in [0.25, 0.3) is 0 Å². The minimum atomic E-state index is -0.220. The number of piperidine rings is 1. The van der Waals surface area contributed by atoms with Gasteiger partial charge in [0.1, 0.15) is 17.2 Å². The molecule has 1 aliphatic rings. The third-order valence-corrected chi connectivity index (χ3v) is 6.50. The number of likely N-dealkylation sites (tertiary alicyclic amines) is 1. The summed E-state index contributed by atoms with van der Waals surface area (Å²) < 4.78 is 11.0. The van der Waals surface area contributed by atoms with Gasteiger partial charge in [-0.1, -0.05) is 30.3 Å². The van der Waals surface area contributed by atoms with Gasteiger partial charge in [-0.25, -0.2) is 0 Å². The third kappa shape index (κ3) is 7.83. The van der Waals surface area contributed by atoms with Crippen LogP contribution in [0.5, 0.6) is 17.2 Å². The molecule has 1 fully saturated rings. The Hall–Kier alpha value is -4.33. The third-order valence-electron chi connectivity index (χ3n) is 6.50. The van der Waals surface area contributed by atoms with Gasteiger partial charge in [-0.2, -0.15) is 0 Å². The van der Waals surface area contributed by atoms with Gasteiger partial charge in [0.25, 0.3) is 0 Å². The van der Waals surface area contributed by atoms with E-state index in [9.17, 15) is 14.4 Å². The number of anilines is 1. The monoisotopic (exact) mass is 515 g/mol. The van der Waals surface area contributed by atoms with Gasteiger partial charge in [0.2, 0.25) is 17.7 Å². The largest absolute Gasteiger partial charge is 0.497 e. The van der Waals surface area contributed by atoms with Gasteiger partial charge in [-0.15, -0.1) is 0 Å². The summed E-state index contributed by atoms with van der Waals surface area (Å²) in [5, 5.41) is 5.81. The Morgan fingerprint density at radius 3 is 2.24 bits per heavy atom. The molecule has 0 radical (unpaired) electrons. The highest BCUT2D eigenvalue weighted by atomic mass is 16.5. The molecule has 1 aliphatic heterocycles. The molecule has 3 aromatic carbocycles. The lowest BCUT2D eigenvalue weighted by Gasteiger charge is -2.31. The van der Waals surface area contributed by atoms with E-state index in [1.807, 2.05) is 54.6 Å². The quantitative estimate of drug-likeness (QED) is 0.406. The molecule has 4 rings (SSSR count). The molecule has 8 heteroatoms. The van der Waals surface area contributed by atoms with Crippen molar-refractivity contribution in [3.8, 4) is 17.2 Å². The number of ether oxygens (including phenoxy) is 2. The van der Waals surface area contributed by atoms with Gasteiger partial charge < -0.3 is 25.0 Å². The lowest BCUT2D eigenvalue weighted by atomic mass is 9.95. The number of nitrogens with zero attached hydrogens (tertiary/aromatic N) is 1. The molecule has 3 aromatic rings. The number of carbonyl (C=O) groups is 3. The lowest BCUT2D eigenvalue weighted by Crippen LogP contribution is -2.43. The van der Waals surface area contributed by atoms with Crippen molar-refractivity contribution >= 4 is 23.4 Å². The van der Waals surface area contributed by atoms with Crippen LogP contribution in [0.2, 0.25) is 0 Å². The highest BCUT2D eigenvalue weighted by Gasteiger charge is 2.27. The van der Waals surface area contributed by atoms with E-state index in [0.717, 1.165) is 17.1 Å². The van der Waals surface area contributed by atoms with Gasteiger partial charge in [-0.3, -0.25) is 14.4 Å². The zero-order valence-electron chi connectivity index (χ0n) is 21.5. The van der Waals surface area contributed by atoms with E-state index < -0.39 is 0 Å². The molecule has 198 valence electrons. The van der Waals surface area contributed by atoms with Crippen molar-refractivity contribution < 1.29 is 23.9 Å². The summed E-state index contributed by atoms with van der Waals surface area (Å²) in [6.45, 7) is 1.47. The standard InChI is InChI=1S/C30H33N3O5/c1-37-27-9-5-6-22(20-27)21-31-30(36)23-16-18-33(19-17-23)29(35)15-14-28(34)32-24-10-12-26(13-11-24)38-25-7-3-2-4-8-25/h2-13,20,23H,14-19,21H2,1H3,(H,31,36)(H,32,34). The van der Waals surface area contributed by atoms with Crippen molar-refractivity contribution in [3.05, 3.63) is 84.4 Å². The molecule has 0 aromatic heterocycles. The van der Waals surface area contributed by atoms with Crippen LogP contribution >= 0.6 is 0 Å². The van der Waals surface area contributed by atoms with Crippen LogP contribution in [0.15, 0.2) is 78.9 Å². The molecule has 0 bridgehead atoms. The lowest BCUT2D eigenvalue weighted by molar-refractivity contribution is -0.136. The number of rotatable bonds is 10. The van der Waals surface area contributed by atoms with E-state index in [0.29, 0.717) is 43.9 Å². The highest BCUT2D eigenvalue weighted by molar-refractivity contribution is 5.93. The second kappa shape index (κ2) is 13.3. The van der Waals surface area contributed by atoms with Crippen LogP contribution in [-0.4, -0.2) is 42.8 Å². The number of para-hydroxylation sites is 1. The van der Waals surface area contributed by atoms with Crippen LogP contribution in [0.1, 0.15) is 31.2 Å². The summed E-state index contributed by atoms with van der Waals surface area (Å²) in [5.41, 5.74) is 1.61. The SMILES string of the molecule is COc1cccc(CNC(=O)C2CCN(C(=O)CCC(=O)Nc3ccc(Oc4ccccc4)cc3)CC2)c1. The van der Waals surface area contributed by atoms with Crippen molar-refractivity contribution in [1.82, 2.24) is 10.2 Å². The summed E-state index contributed by atoms with van der Waals surface area (Å²) in [6, 6.07) is 24.1. The predicted octanol–water partition coefficient (Wildman–Crippen LogP) is 4.76. The predicted molar refractivity (Wildman–Crippen MR) is 145 cm³/mol. The van der Waals surface area contributed by atoms with Crippen molar-refractivity contribution in [2.45, 2.75) is 32.2 Å². The minimum absolute atomic E-state index is 0.000478. The van der Waals surface area contributed by atoms with E-state index in [1.165, 1.54) is 0 Å². The Labute approximate surface area is 222 Å². The average molecular weight is 516 g/mol. The maximum atomic E-state index is 12.6. The molecule has 38 heavy (non-hydrogen) atoms. The number of hydrogen-bond donors (Lipinski definition) is 2. The maximum absolute atomic E-state index is 12.6. The fourth-order valence-corrected chi connectivity index (χ4v) is 4.34. The second-order valence-electron chi connectivity index (χ2n) is 9.21. The number of carbonyl (C=O) groups excluding carboxylic acids is 3. The summed E-state index contributed by atoms with van der Waals surface area (Å²) in [7, 11) is 1.61. The smallest absolute Gasteiger partial charge is 0.224 e.